The second-order valence-corrected chi connectivity index (χ2v) is 6.20. The van der Waals surface area contributed by atoms with E-state index in [0.29, 0.717) is 31.1 Å². The first-order chi connectivity index (χ1) is 9.64. The van der Waals surface area contributed by atoms with Crippen molar-refractivity contribution >= 4 is 5.91 Å². The molecule has 0 aromatic heterocycles. The highest BCUT2D eigenvalue weighted by Crippen LogP contribution is 2.59. The summed E-state index contributed by atoms with van der Waals surface area (Å²) in [4.78, 5) is 14.7. The van der Waals surface area contributed by atoms with E-state index < -0.39 is 0 Å². The predicted molar refractivity (Wildman–Crippen MR) is 77.6 cm³/mol. The number of amides is 1. The maximum absolute atomic E-state index is 12.8. The van der Waals surface area contributed by atoms with E-state index in [1.54, 1.807) is 14.2 Å². The molecular formula is C15H28N2O3. The average molecular weight is 284 g/mol. The molecule has 5 nitrogen and oxygen atoms in total. The standard InChI is InChI=1S/C15H28N2O3/c1-12(11-20-3)17(8-9-19-2)14(18)13-10-15(13)4-6-16-7-5-15/h12-13,16H,4-11H2,1-3H3. The molecule has 2 atom stereocenters. The number of hydrogen-bond acceptors (Lipinski definition) is 4. The van der Waals surface area contributed by atoms with Crippen LogP contribution in [0.25, 0.3) is 0 Å². The van der Waals surface area contributed by atoms with E-state index in [1.165, 1.54) is 0 Å². The highest BCUT2D eigenvalue weighted by molar-refractivity contribution is 5.83. The third kappa shape index (κ3) is 3.32. The number of nitrogens with one attached hydrogen (secondary N) is 1. The summed E-state index contributed by atoms with van der Waals surface area (Å²) < 4.78 is 10.4. The largest absolute Gasteiger partial charge is 0.383 e. The molecule has 5 heteroatoms. The number of nitrogens with zero attached hydrogens (tertiary/aromatic N) is 1. The summed E-state index contributed by atoms with van der Waals surface area (Å²) in [5.74, 6) is 0.522. The fraction of sp³-hybridized carbons (Fsp3) is 0.933. The van der Waals surface area contributed by atoms with Crippen LogP contribution in [0, 0.1) is 11.3 Å². The van der Waals surface area contributed by atoms with Gasteiger partial charge in [0.05, 0.1) is 19.3 Å². The molecule has 1 amide bonds. The van der Waals surface area contributed by atoms with Crippen molar-refractivity contribution in [3.8, 4) is 0 Å². The van der Waals surface area contributed by atoms with Crippen LogP contribution in [0.2, 0.25) is 0 Å². The van der Waals surface area contributed by atoms with Gasteiger partial charge in [-0.1, -0.05) is 0 Å². The topological polar surface area (TPSA) is 50.8 Å². The zero-order valence-corrected chi connectivity index (χ0v) is 13.0. The summed E-state index contributed by atoms with van der Waals surface area (Å²) in [6, 6.07) is 0.113. The zero-order chi connectivity index (χ0) is 14.6. The van der Waals surface area contributed by atoms with Crippen LogP contribution in [0.1, 0.15) is 26.2 Å². The lowest BCUT2D eigenvalue weighted by Crippen LogP contribution is -2.45. The second kappa shape index (κ2) is 6.87. The summed E-state index contributed by atoms with van der Waals surface area (Å²) in [6.07, 6.45) is 3.34. The normalized spacial score (nSPS) is 25.4. The first-order valence-corrected chi connectivity index (χ1v) is 7.63. The Kier molecular flexibility index (Phi) is 5.41. The van der Waals surface area contributed by atoms with Crippen molar-refractivity contribution in [2.45, 2.75) is 32.2 Å². The van der Waals surface area contributed by atoms with Gasteiger partial charge in [-0.3, -0.25) is 4.79 Å². The van der Waals surface area contributed by atoms with Crippen molar-refractivity contribution in [1.29, 1.82) is 0 Å². The molecule has 1 aliphatic carbocycles. The fourth-order valence-electron chi connectivity index (χ4n) is 3.44. The smallest absolute Gasteiger partial charge is 0.226 e. The van der Waals surface area contributed by atoms with Gasteiger partial charge in [0.2, 0.25) is 5.91 Å². The van der Waals surface area contributed by atoms with Gasteiger partial charge in [-0.25, -0.2) is 0 Å². The van der Waals surface area contributed by atoms with E-state index in [0.717, 1.165) is 32.4 Å². The van der Waals surface area contributed by atoms with Gasteiger partial charge in [-0.2, -0.15) is 0 Å². The SMILES string of the molecule is COCCN(C(=O)C1CC12CCNCC2)C(C)COC. The molecule has 116 valence electrons. The molecule has 2 unspecified atom stereocenters. The average Bonchev–Trinajstić information content (AvgIpc) is 3.13. The minimum absolute atomic E-state index is 0.113. The van der Waals surface area contributed by atoms with Crippen LogP contribution < -0.4 is 5.32 Å². The zero-order valence-electron chi connectivity index (χ0n) is 13.0. The lowest BCUT2D eigenvalue weighted by atomic mass is 9.91. The fourth-order valence-corrected chi connectivity index (χ4v) is 3.44. The minimum Gasteiger partial charge on any atom is -0.383 e. The molecule has 1 N–H and O–H groups in total. The predicted octanol–water partition coefficient (Wildman–Crippen LogP) is 0.886. The summed E-state index contributed by atoms with van der Waals surface area (Å²) in [7, 11) is 3.36. The molecule has 2 aliphatic rings. The third-order valence-electron chi connectivity index (χ3n) is 4.85. The van der Waals surface area contributed by atoms with Crippen LogP contribution in [0.4, 0.5) is 0 Å². The van der Waals surface area contributed by atoms with Gasteiger partial charge in [-0.15, -0.1) is 0 Å². The Morgan fingerprint density at radius 3 is 2.65 bits per heavy atom. The van der Waals surface area contributed by atoms with Gasteiger partial charge in [-0.05, 0) is 44.7 Å². The van der Waals surface area contributed by atoms with Crippen molar-refractivity contribution in [1.82, 2.24) is 10.2 Å². The molecule has 2 fully saturated rings. The number of piperidine rings is 1. The van der Waals surface area contributed by atoms with E-state index >= 15 is 0 Å². The number of carbonyl (C=O) groups excluding carboxylic acids is 1. The van der Waals surface area contributed by atoms with Crippen molar-refractivity contribution < 1.29 is 14.3 Å². The number of carbonyl (C=O) groups is 1. The first-order valence-electron chi connectivity index (χ1n) is 7.63. The molecule has 0 aromatic carbocycles. The Labute approximate surface area is 122 Å². The van der Waals surface area contributed by atoms with Crippen LogP contribution in [0.15, 0.2) is 0 Å². The van der Waals surface area contributed by atoms with Crippen LogP contribution in [0.5, 0.6) is 0 Å². The third-order valence-corrected chi connectivity index (χ3v) is 4.85. The second-order valence-electron chi connectivity index (χ2n) is 6.20. The highest BCUT2D eigenvalue weighted by Gasteiger charge is 2.58. The van der Waals surface area contributed by atoms with Gasteiger partial charge in [0, 0.05) is 26.7 Å². The van der Waals surface area contributed by atoms with Crippen molar-refractivity contribution in [3.63, 3.8) is 0 Å². The first kappa shape index (κ1) is 15.7. The van der Waals surface area contributed by atoms with Crippen molar-refractivity contribution in [2.75, 3.05) is 47.1 Å². The van der Waals surface area contributed by atoms with E-state index in [4.69, 9.17) is 9.47 Å². The molecule has 1 heterocycles. The summed E-state index contributed by atoms with van der Waals surface area (Å²) >= 11 is 0. The van der Waals surface area contributed by atoms with E-state index in [9.17, 15) is 4.79 Å². The van der Waals surface area contributed by atoms with Crippen molar-refractivity contribution in [3.05, 3.63) is 0 Å². The van der Waals surface area contributed by atoms with Gasteiger partial charge >= 0.3 is 0 Å². The number of ether oxygens (including phenoxy) is 2. The molecular weight excluding hydrogens is 256 g/mol. The molecule has 1 saturated carbocycles. The lowest BCUT2D eigenvalue weighted by Gasteiger charge is -2.31. The summed E-state index contributed by atoms with van der Waals surface area (Å²) in [6.45, 7) is 5.97. The number of rotatable bonds is 7. The molecule has 1 saturated heterocycles. The molecule has 0 radical (unpaired) electrons. The Bertz CT molecular complexity index is 329. The molecule has 20 heavy (non-hydrogen) atoms. The number of methoxy groups -OCH3 is 2. The Hall–Kier alpha value is -0.650. The number of hydrogen-bond donors (Lipinski definition) is 1. The minimum atomic E-state index is 0.113. The van der Waals surface area contributed by atoms with Crippen LogP contribution in [-0.4, -0.2) is 63.9 Å². The van der Waals surface area contributed by atoms with Gasteiger partial charge in [0.25, 0.3) is 0 Å². The molecule has 0 bridgehead atoms. The Morgan fingerprint density at radius 1 is 1.35 bits per heavy atom. The molecule has 1 aliphatic heterocycles. The highest BCUT2D eigenvalue weighted by atomic mass is 16.5. The quantitative estimate of drug-likeness (QED) is 0.754. The summed E-state index contributed by atoms with van der Waals surface area (Å²) in [5, 5.41) is 3.38. The molecule has 0 aromatic rings. The van der Waals surface area contributed by atoms with Crippen LogP contribution in [-0.2, 0) is 14.3 Å². The monoisotopic (exact) mass is 284 g/mol. The molecule has 2 rings (SSSR count). The van der Waals surface area contributed by atoms with Crippen molar-refractivity contribution in [2.24, 2.45) is 11.3 Å². The van der Waals surface area contributed by atoms with Gasteiger partial charge in [0.1, 0.15) is 0 Å². The lowest BCUT2D eigenvalue weighted by molar-refractivity contribution is -0.137. The van der Waals surface area contributed by atoms with Crippen LogP contribution in [0.3, 0.4) is 0 Å². The maximum Gasteiger partial charge on any atom is 0.226 e. The van der Waals surface area contributed by atoms with Gasteiger partial charge in [0.15, 0.2) is 0 Å². The van der Waals surface area contributed by atoms with Gasteiger partial charge < -0.3 is 19.7 Å². The van der Waals surface area contributed by atoms with Crippen LogP contribution >= 0.6 is 0 Å². The van der Waals surface area contributed by atoms with E-state index in [-0.39, 0.29) is 12.0 Å². The van der Waals surface area contributed by atoms with E-state index in [2.05, 4.69) is 12.2 Å². The molecule has 1 spiro atoms. The summed E-state index contributed by atoms with van der Waals surface area (Å²) in [5.41, 5.74) is 0.292. The Morgan fingerprint density at radius 2 is 2.05 bits per heavy atom. The van der Waals surface area contributed by atoms with E-state index in [1.807, 2.05) is 4.90 Å². The maximum atomic E-state index is 12.8. The Balaban J connectivity index is 1.96.